The van der Waals surface area contributed by atoms with Crippen LogP contribution in [0.5, 0.6) is 5.75 Å². The maximum absolute atomic E-state index is 5.86. The molecule has 2 nitrogen and oxygen atoms in total. The summed E-state index contributed by atoms with van der Waals surface area (Å²) in [5.41, 5.74) is 8.88. The average Bonchev–Trinajstić information content (AvgIpc) is 2.28. The van der Waals surface area contributed by atoms with Crippen LogP contribution in [0.15, 0.2) is 46.9 Å². The van der Waals surface area contributed by atoms with Gasteiger partial charge in [0.1, 0.15) is 12.4 Å². The van der Waals surface area contributed by atoms with Crippen LogP contribution < -0.4 is 10.5 Å². The lowest BCUT2D eigenvalue weighted by Gasteiger charge is -2.09. The molecule has 2 N–H and O–H groups in total. The Bertz CT molecular complexity index is 525. The van der Waals surface area contributed by atoms with Crippen molar-refractivity contribution < 1.29 is 4.74 Å². The van der Waals surface area contributed by atoms with Gasteiger partial charge in [-0.2, -0.15) is 0 Å². The Labute approximate surface area is 110 Å². The van der Waals surface area contributed by atoms with Gasteiger partial charge in [0, 0.05) is 4.47 Å². The third kappa shape index (κ3) is 3.24. The van der Waals surface area contributed by atoms with Gasteiger partial charge in [0.05, 0.1) is 5.69 Å². The fourth-order valence-electron chi connectivity index (χ4n) is 1.61. The zero-order valence-corrected chi connectivity index (χ0v) is 11.2. The second kappa shape index (κ2) is 5.23. The second-order valence-corrected chi connectivity index (χ2v) is 4.88. The number of anilines is 1. The van der Waals surface area contributed by atoms with Crippen molar-refractivity contribution in [1.29, 1.82) is 0 Å². The molecule has 2 aromatic rings. The highest BCUT2D eigenvalue weighted by Gasteiger charge is 2.01. The van der Waals surface area contributed by atoms with E-state index in [-0.39, 0.29) is 0 Å². The smallest absolute Gasteiger partial charge is 0.142 e. The quantitative estimate of drug-likeness (QED) is 0.870. The largest absolute Gasteiger partial charge is 0.487 e. The standard InChI is InChI=1S/C14H14BrNO/c1-10-3-2-4-11(7-10)9-17-14-6-5-12(15)8-13(14)16/h2-8H,9,16H2,1H3. The van der Waals surface area contributed by atoms with E-state index in [9.17, 15) is 0 Å². The fraction of sp³-hybridized carbons (Fsp3) is 0.143. The van der Waals surface area contributed by atoms with Crippen LogP contribution in [0, 0.1) is 6.92 Å². The summed E-state index contributed by atoms with van der Waals surface area (Å²) in [5.74, 6) is 0.717. The Morgan fingerprint density at radius 3 is 2.71 bits per heavy atom. The number of rotatable bonds is 3. The summed E-state index contributed by atoms with van der Waals surface area (Å²) in [6.07, 6.45) is 0. The Morgan fingerprint density at radius 2 is 2.00 bits per heavy atom. The lowest BCUT2D eigenvalue weighted by molar-refractivity contribution is 0.308. The Kier molecular flexibility index (Phi) is 3.69. The minimum Gasteiger partial charge on any atom is -0.487 e. The number of halogens is 1. The summed E-state index contributed by atoms with van der Waals surface area (Å²) in [7, 11) is 0. The van der Waals surface area contributed by atoms with E-state index in [0.717, 1.165) is 15.8 Å². The van der Waals surface area contributed by atoms with E-state index >= 15 is 0 Å². The van der Waals surface area contributed by atoms with Crippen LogP contribution in [0.4, 0.5) is 5.69 Å². The number of aryl methyl sites for hydroxylation is 1. The van der Waals surface area contributed by atoms with Crippen molar-refractivity contribution in [2.45, 2.75) is 13.5 Å². The van der Waals surface area contributed by atoms with Gasteiger partial charge in [0.2, 0.25) is 0 Å². The molecule has 0 bridgehead atoms. The zero-order chi connectivity index (χ0) is 12.3. The molecule has 0 fully saturated rings. The molecule has 0 radical (unpaired) electrons. The molecule has 2 rings (SSSR count). The summed E-state index contributed by atoms with van der Waals surface area (Å²) < 4.78 is 6.64. The summed E-state index contributed by atoms with van der Waals surface area (Å²) in [4.78, 5) is 0. The van der Waals surface area contributed by atoms with Crippen molar-refractivity contribution in [3.63, 3.8) is 0 Å². The van der Waals surface area contributed by atoms with Crippen LogP contribution in [0.1, 0.15) is 11.1 Å². The third-order valence-corrected chi connectivity index (χ3v) is 2.94. The molecule has 0 aliphatic rings. The highest BCUT2D eigenvalue weighted by Crippen LogP contribution is 2.26. The molecule has 0 saturated heterocycles. The van der Waals surface area contributed by atoms with Crippen molar-refractivity contribution in [3.05, 3.63) is 58.1 Å². The van der Waals surface area contributed by atoms with Gasteiger partial charge in [0.15, 0.2) is 0 Å². The summed E-state index contributed by atoms with van der Waals surface area (Å²) in [5, 5.41) is 0. The van der Waals surface area contributed by atoms with Crippen LogP contribution in [-0.2, 0) is 6.61 Å². The first-order valence-corrected chi connectivity index (χ1v) is 6.18. The number of hydrogen-bond donors (Lipinski definition) is 1. The van der Waals surface area contributed by atoms with Crippen LogP contribution in [0.3, 0.4) is 0 Å². The predicted octanol–water partition coefficient (Wildman–Crippen LogP) is 3.92. The molecule has 0 spiro atoms. The monoisotopic (exact) mass is 291 g/mol. The molecule has 0 aromatic heterocycles. The molecule has 0 saturated carbocycles. The highest BCUT2D eigenvalue weighted by atomic mass is 79.9. The second-order valence-electron chi connectivity index (χ2n) is 3.96. The molecule has 3 heteroatoms. The van der Waals surface area contributed by atoms with E-state index in [2.05, 4.69) is 35.0 Å². The number of hydrogen-bond acceptors (Lipinski definition) is 2. The van der Waals surface area contributed by atoms with Crippen LogP contribution in [0.2, 0.25) is 0 Å². The number of benzene rings is 2. The minimum absolute atomic E-state index is 0.535. The lowest BCUT2D eigenvalue weighted by Crippen LogP contribution is -1.98. The van der Waals surface area contributed by atoms with Crippen LogP contribution >= 0.6 is 15.9 Å². The molecule has 88 valence electrons. The molecule has 2 aromatic carbocycles. The van der Waals surface area contributed by atoms with Gasteiger partial charge in [-0.15, -0.1) is 0 Å². The van der Waals surface area contributed by atoms with Gasteiger partial charge in [0.25, 0.3) is 0 Å². The first-order valence-electron chi connectivity index (χ1n) is 5.38. The topological polar surface area (TPSA) is 35.2 Å². The average molecular weight is 292 g/mol. The number of ether oxygens (including phenoxy) is 1. The Morgan fingerprint density at radius 1 is 1.18 bits per heavy atom. The maximum Gasteiger partial charge on any atom is 0.142 e. The third-order valence-electron chi connectivity index (χ3n) is 2.45. The van der Waals surface area contributed by atoms with E-state index in [1.807, 2.05) is 30.3 Å². The molecular formula is C14H14BrNO. The molecule has 0 amide bonds. The van der Waals surface area contributed by atoms with Gasteiger partial charge in [-0.25, -0.2) is 0 Å². The predicted molar refractivity (Wildman–Crippen MR) is 74.1 cm³/mol. The molecule has 17 heavy (non-hydrogen) atoms. The molecular weight excluding hydrogens is 278 g/mol. The fourth-order valence-corrected chi connectivity index (χ4v) is 1.99. The minimum atomic E-state index is 0.535. The maximum atomic E-state index is 5.86. The van der Waals surface area contributed by atoms with Gasteiger partial charge in [-0.05, 0) is 30.7 Å². The van der Waals surface area contributed by atoms with Gasteiger partial charge < -0.3 is 10.5 Å². The van der Waals surface area contributed by atoms with E-state index in [4.69, 9.17) is 10.5 Å². The summed E-state index contributed by atoms with van der Waals surface area (Å²) >= 11 is 3.37. The van der Waals surface area contributed by atoms with Gasteiger partial charge in [-0.1, -0.05) is 45.8 Å². The summed E-state index contributed by atoms with van der Waals surface area (Å²) in [6.45, 7) is 2.60. The van der Waals surface area contributed by atoms with E-state index in [1.165, 1.54) is 5.56 Å². The SMILES string of the molecule is Cc1cccc(COc2ccc(Br)cc2N)c1. The molecule has 0 heterocycles. The normalized spacial score (nSPS) is 10.2. The van der Waals surface area contributed by atoms with Crippen molar-refractivity contribution in [2.75, 3.05) is 5.73 Å². The van der Waals surface area contributed by atoms with E-state index in [0.29, 0.717) is 12.3 Å². The van der Waals surface area contributed by atoms with Crippen molar-refractivity contribution in [2.24, 2.45) is 0 Å². The molecule has 0 atom stereocenters. The molecule has 0 aliphatic heterocycles. The first-order chi connectivity index (χ1) is 8.15. The zero-order valence-electron chi connectivity index (χ0n) is 9.61. The van der Waals surface area contributed by atoms with Crippen molar-refractivity contribution in [1.82, 2.24) is 0 Å². The number of nitrogen functional groups attached to an aromatic ring is 1. The lowest BCUT2D eigenvalue weighted by atomic mass is 10.1. The van der Waals surface area contributed by atoms with Crippen LogP contribution in [0.25, 0.3) is 0 Å². The van der Waals surface area contributed by atoms with E-state index < -0.39 is 0 Å². The van der Waals surface area contributed by atoms with E-state index in [1.54, 1.807) is 0 Å². The van der Waals surface area contributed by atoms with Gasteiger partial charge >= 0.3 is 0 Å². The molecule has 0 aliphatic carbocycles. The molecule has 0 unspecified atom stereocenters. The first kappa shape index (κ1) is 12.0. The highest BCUT2D eigenvalue weighted by molar-refractivity contribution is 9.10. The van der Waals surface area contributed by atoms with Crippen molar-refractivity contribution >= 4 is 21.6 Å². The Balaban J connectivity index is 2.07. The number of nitrogens with two attached hydrogens (primary N) is 1. The van der Waals surface area contributed by atoms with Crippen molar-refractivity contribution in [3.8, 4) is 5.75 Å². The van der Waals surface area contributed by atoms with Gasteiger partial charge in [-0.3, -0.25) is 0 Å². The summed E-state index contributed by atoms with van der Waals surface area (Å²) in [6, 6.07) is 13.9. The Hall–Kier alpha value is -1.48. The van der Waals surface area contributed by atoms with Crippen LogP contribution in [-0.4, -0.2) is 0 Å².